The summed E-state index contributed by atoms with van der Waals surface area (Å²) in [5.41, 5.74) is 18.0. The average Bonchev–Trinajstić information content (AvgIpc) is 2.88. The Morgan fingerprint density at radius 2 is 1.83 bits per heavy atom. The van der Waals surface area contributed by atoms with Crippen LogP contribution in [0.25, 0.3) is 10.9 Å². The standard InChI is InChI=1S/C25H38N8O5.3ClH/c1-15(32-19-13-17(38-2)12-16-7-4-10-30-22(16)19)6-3-9-29-21(34)14-20(24(36)37)33-23(35)18(26)8-5-11-31-25(27)28;;;/h4,7,10,12-13,15,18,20,32H,3,5-6,8-9,11,14,26H2,1-2H3,(H,29,34)(H,33,35)(H,36,37)(H4,27,28,31);3*1H/t15?,18-,20+;;;/m0.../s1. The van der Waals surface area contributed by atoms with Crippen LogP contribution in [-0.4, -0.2) is 72.2 Å². The van der Waals surface area contributed by atoms with E-state index in [1.807, 2.05) is 31.2 Å². The summed E-state index contributed by atoms with van der Waals surface area (Å²) >= 11 is 0. The second kappa shape index (κ2) is 20.6. The Labute approximate surface area is 258 Å². The molecule has 2 rings (SSSR count). The number of amides is 2. The largest absolute Gasteiger partial charge is 0.497 e. The van der Waals surface area contributed by atoms with E-state index in [1.165, 1.54) is 0 Å². The first-order chi connectivity index (χ1) is 18.1. The fraction of sp³-hybridized carbons (Fsp3) is 0.480. The number of guanidine groups is 1. The predicted octanol–water partition coefficient (Wildman–Crippen LogP) is 1.55. The molecule has 2 aromatic rings. The molecule has 0 saturated heterocycles. The average molecular weight is 640 g/mol. The Kier molecular flexibility index (Phi) is 20.0. The zero-order valence-electron chi connectivity index (χ0n) is 23.0. The van der Waals surface area contributed by atoms with E-state index in [4.69, 9.17) is 21.9 Å². The highest BCUT2D eigenvalue weighted by molar-refractivity contribution is 5.92. The maximum atomic E-state index is 12.3. The van der Waals surface area contributed by atoms with E-state index in [-0.39, 0.29) is 55.6 Å². The second-order valence-electron chi connectivity index (χ2n) is 8.95. The van der Waals surface area contributed by atoms with E-state index >= 15 is 0 Å². The summed E-state index contributed by atoms with van der Waals surface area (Å²) in [4.78, 5) is 44.3. The molecule has 2 amide bonds. The number of anilines is 1. The molecule has 0 spiro atoms. The van der Waals surface area contributed by atoms with Crippen LogP contribution in [0.4, 0.5) is 5.69 Å². The molecular formula is C25H41Cl3N8O5. The zero-order valence-corrected chi connectivity index (χ0v) is 25.4. The summed E-state index contributed by atoms with van der Waals surface area (Å²) in [6.45, 7) is 2.68. The number of nitrogens with zero attached hydrogens (tertiary/aromatic N) is 2. The number of aliphatic imine (C=N–C) groups is 1. The quantitative estimate of drug-likeness (QED) is 0.0798. The van der Waals surface area contributed by atoms with Gasteiger partial charge in [-0.15, -0.1) is 37.2 Å². The summed E-state index contributed by atoms with van der Waals surface area (Å²) in [5, 5.41) is 18.8. The molecule has 1 aromatic carbocycles. The van der Waals surface area contributed by atoms with Gasteiger partial charge in [-0.05, 0) is 44.7 Å². The molecule has 13 nitrogen and oxygen atoms in total. The molecule has 1 aromatic heterocycles. The highest BCUT2D eigenvalue weighted by atomic mass is 35.5. The molecule has 0 fully saturated rings. The van der Waals surface area contributed by atoms with Gasteiger partial charge in [0, 0.05) is 36.8 Å². The fourth-order valence-electron chi connectivity index (χ4n) is 3.75. The van der Waals surface area contributed by atoms with Crippen molar-refractivity contribution in [3.63, 3.8) is 0 Å². The monoisotopic (exact) mass is 638 g/mol. The summed E-state index contributed by atoms with van der Waals surface area (Å²) in [5.74, 6) is -1.80. The number of carbonyl (C=O) groups is 3. The number of hydrogen-bond donors (Lipinski definition) is 7. The van der Waals surface area contributed by atoms with Crippen molar-refractivity contribution in [2.45, 2.75) is 57.2 Å². The minimum Gasteiger partial charge on any atom is -0.497 e. The lowest BCUT2D eigenvalue weighted by Gasteiger charge is -2.18. The van der Waals surface area contributed by atoms with E-state index in [9.17, 15) is 19.5 Å². The van der Waals surface area contributed by atoms with Crippen molar-refractivity contribution >= 4 is 77.6 Å². The number of hydrogen-bond acceptors (Lipinski definition) is 8. The minimum absolute atomic E-state index is 0. The number of rotatable bonds is 16. The number of ether oxygens (including phenoxy) is 1. The molecule has 0 aliphatic rings. The predicted molar refractivity (Wildman–Crippen MR) is 167 cm³/mol. The Morgan fingerprint density at radius 3 is 2.46 bits per heavy atom. The molecule has 0 radical (unpaired) electrons. The molecule has 0 bridgehead atoms. The molecule has 3 atom stereocenters. The maximum absolute atomic E-state index is 12.3. The minimum atomic E-state index is -1.39. The molecule has 41 heavy (non-hydrogen) atoms. The summed E-state index contributed by atoms with van der Waals surface area (Å²) in [6.07, 6.45) is 3.42. The van der Waals surface area contributed by atoms with Gasteiger partial charge in [-0.2, -0.15) is 0 Å². The van der Waals surface area contributed by atoms with Crippen LogP contribution in [0.5, 0.6) is 5.75 Å². The van der Waals surface area contributed by atoms with Crippen LogP contribution in [0.1, 0.15) is 39.0 Å². The third kappa shape index (κ3) is 14.3. The third-order valence-electron chi connectivity index (χ3n) is 5.76. The molecular weight excluding hydrogens is 599 g/mol. The van der Waals surface area contributed by atoms with Crippen molar-refractivity contribution in [2.75, 3.05) is 25.5 Å². The van der Waals surface area contributed by atoms with E-state index in [0.717, 1.165) is 28.8 Å². The lowest BCUT2D eigenvalue weighted by atomic mass is 10.1. The first-order valence-electron chi connectivity index (χ1n) is 12.4. The van der Waals surface area contributed by atoms with Crippen molar-refractivity contribution in [1.29, 1.82) is 0 Å². The molecule has 0 aliphatic carbocycles. The number of benzene rings is 1. The van der Waals surface area contributed by atoms with Gasteiger partial charge in [-0.1, -0.05) is 6.07 Å². The molecule has 1 heterocycles. The van der Waals surface area contributed by atoms with Crippen LogP contribution in [0.15, 0.2) is 35.5 Å². The summed E-state index contributed by atoms with van der Waals surface area (Å²) in [6, 6.07) is 5.38. The number of carboxylic acids is 1. The maximum Gasteiger partial charge on any atom is 0.326 e. The summed E-state index contributed by atoms with van der Waals surface area (Å²) in [7, 11) is 1.61. The molecule has 10 N–H and O–H groups in total. The van der Waals surface area contributed by atoms with E-state index in [0.29, 0.717) is 25.9 Å². The number of methoxy groups -OCH3 is 1. The van der Waals surface area contributed by atoms with Crippen molar-refractivity contribution in [3.8, 4) is 5.75 Å². The Hall–Kier alpha value is -3.26. The highest BCUT2D eigenvalue weighted by Gasteiger charge is 2.25. The smallest absolute Gasteiger partial charge is 0.326 e. The lowest BCUT2D eigenvalue weighted by Crippen LogP contribution is -2.50. The highest BCUT2D eigenvalue weighted by Crippen LogP contribution is 2.28. The van der Waals surface area contributed by atoms with Gasteiger partial charge < -0.3 is 43.0 Å². The van der Waals surface area contributed by atoms with Gasteiger partial charge in [0.15, 0.2) is 5.96 Å². The molecule has 0 saturated carbocycles. The molecule has 232 valence electrons. The van der Waals surface area contributed by atoms with Gasteiger partial charge in [0.05, 0.1) is 30.8 Å². The lowest BCUT2D eigenvalue weighted by molar-refractivity contribution is -0.143. The molecule has 16 heteroatoms. The first-order valence-corrected chi connectivity index (χ1v) is 12.4. The van der Waals surface area contributed by atoms with Crippen molar-refractivity contribution in [1.82, 2.24) is 15.6 Å². The van der Waals surface area contributed by atoms with Crippen molar-refractivity contribution in [2.24, 2.45) is 22.2 Å². The van der Waals surface area contributed by atoms with Crippen LogP contribution in [0.3, 0.4) is 0 Å². The van der Waals surface area contributed by atoms with Crippen molar-refractivity contribution in [3.05, 3.63) is 30.5 Å². The number of halogens is 3. The number of pyridine rings is 1. The van der Waals surface area contributed by atoms with Gasteiger partial charge in [-0.25, -0.2) is 4.79 Å². The van der Waals surface area contributed by atoms with Crippen LogP contribution in [-0.2, 0) is 14.4 Å². The number of fused-ring (bicyclic) bond motifs is 1. The SMILES string of the molecule is COc1cc(NC(C)CCCNC(=O)C[C@@H](NC(=O)[C@@H](N)CCCN=C(N)N)C(=O)O)c2ncccc2c1.Cl.Cl.Cl. The normalized spacial score (nSPS) is 12.2. The van der Waals surface area contributed by atoms with Crippen molar-refractivity contribution < 1.29 is 24.2 Å². The van der Waals surface area contributed by atoms with Crippen LogP contribution in [0, 0.1) is 0 Å². The third-order valence-corrected chi connectivity index (χ3v) is 5.76. The Balaban J connectivity index is 0. The topological polar surface area (TPSA) is 220 Å². The van der Waals surface area contributed by atoms with Gasteiger partial charge >= 0.3 is 5.97 Å². The van der Waals surface area contributed by atoms with E-state index in [2.05, 4.69) is 25.9 Å². The zero-order chi connectivity index (χ0) is 28.1. The van der Waals surface area contributed by atoms with Gasteiger partial charge in [0.2, 0.25) is 11.8 Å². The van der Waals surface area contributed by atoms with Gasteiger partial charge in [-0.3, -0.25) is 19.6 Å². The number of nitrogens with one attached hydrogen (secondary N) is 3. The summed E-state index contributed by atoms with van der Waals surface area (Å²) < 4.78 is 5.38. The fourth-order valence-corrected chi connectivity index (χ4v) is 3.75. The number of carbonyl (C=O) groups excluding carboxylic acids is 2. The number of aromatic nitrogens is 1. The number of carboxylic acid groups (broad SMARTS) is 1. The van der Waals surface area contributed by atoms with E-state index in [1.54, 1.807) is 13.3 Å². The van der Waals surface area contributed by atoms with E-state index < -0.39 is 36.3 Å². The van der Waals surface area contributed by atoms with Crippen LogP contribution < -0.4 is 37.9 Å². The Bertz CT molecular complexity index is 1140. The van der Waals surface area contributed by atoms with Crippen LogP contribution >= 0.6 is 37.2 Å². The Morgan fingerprint density at radius 1 is 1.12 bits per heavy atom. The molecule has 0 aliphatic heterocycles. The number of nitrogens with two attached hydrogens (primary N) is 3. The molecule has 1 unspecified atom stereocenters. The van der Waals surface area contributed by atoms with Crippen LogP contribution in [0.2, 0.25) is 0 Å². The second-order valence-corrected chi connectivity index (χ2v) is 8.95. The first kappa shape index (κ1) is 39.9. The number of aliphatic carboxylic acids is 1. The van der Waals surface area contributed by atoms with Gasteiger partial charge in [0.25, 0.3) is 0 Å². The van der Waals surface area contributed by atoms with Gasteiger partial charge in [0.1, 0.15) is 11.8 Å².